The first-order valence-electron chi connectivity index (χ1n) is 6.50. The van der Waals surface area contributed by atoms with Gasteiger partial charge in [-0.25, -0.2) is 5.01 Å². The van der Waals surface area contributed by atoms with Gasteiger partial charge in [0.2, 0.25) is 17.7 Å². The smallest absolute Gasteiger partial charge is 0.243 e. The predicted octanol–water partition coefficient (Wildman–Crippen LogP) is -0.368. The molecule has 0 spiro atoms. The summed E-state index contributed by atoms with van der Waals surface area (Å²) in [4.78, 5) is 33.5. The molecule has 0 atom stereocenters. The number of rotatable bonds is 4. The molecule has 118 valence electrons. The zero-order chi connectivity index (χ0) is 15.4. The quantitative estimate of drug-likeness (QED) is 0.785. The van der Waals surface area contributed by atoms with E-state index >= 15 is 0 Å². The molecule has 1 aliphatic rings. The summed E-state index contributed by atoms with van der Waals surface area (Å²) in [6, 6.07) is 7.13. The molecule has 8 heteroatoms. The molecule has 1 heterocycles. The van der Waals surface area contributed by atoms with E-state index in [0.29, 0.717) is 24.2 Å². The van der Waals surface area contributed by atoms with Crippen molar-refractivity contribution in [2.75, 3.05) is 11.9 Å². The van der Waals surface area contributed by atoms with Gasteiger partial charge < -0.3 is 16.5 Å². The van der Waals surface area contributed by atoms with E-state index in [2.05, 4.69) is 10.4 Å². The molecule has 1 aromatic rings. The fraction of sp³-hybridized carbons (Fsp3) is 0.286. The molecular weight excluding hydrogens is 288 g/mol. The van der Waals surface area contributed by atoms with Crippen LogP contribution in [0, 0.1) is 0 Å². The van der Waals surface area contributed by atoms with Crippen molar-refractivity contribution in [3.05, 3.63) is 29.8 Å². The van der Waals surface area contributed by atoms with Crippen LogP contribution in [0.5, 0.6) is 0 Å². The van der Waals surface area contributed by atoms with Crippen molar-refractivity contribution in [1.82, 2.24) is 5.01 Å². The Bertz CT molecular complexity index is 610. The van der Waals surface area contributed by atoms with E-state index in [4.69, 9.17) is 5.73 Å². The Kier molecular flexibility index (Phi) is 5.76. The van der Waals surface area contributed by atoms with Gasteiger partial charge in [-0.2, -0.15) is 5.10 Å². The maximum Gasteiger partial charge on any atom is 0.243 e. The van der Waals surface area contributed by atoms with Crippen molar-refractivity contribution in [3.8, 4) is 0 Å². The third kappa shape index (κ3) is 4.38. The molecule has 1 aliphatic heterocycles. The number of hydrogen-bond donors (Lipinski definition) is 2. The maximum atomic E-state index is 11.6. The zero-order valence-electron chi connectivity index (χ0n) is 12.1. The molecule has 0 unspecified atom stereocenters. The Morgan fingerprint density at radius 2 is 1.91 bits per heavy atom. The second-order valence-electron chi connectivity index (χ2n) is 4.72. The second kappa shape index (κ2) is 7.32. The predicted molar refractivity (Wildman–Crippen MR) is 81.0 cm³/mol. The highest BCUT2D eigenvalue weighted by atomic mass is 16.2. The topological polar surface area (TPSA) is 136 Å². The lowest BCUT2D eigenvalue weighted by molar-refractivity contribution is -0.135. The van der Waals surface area contributed by atoms with Crippen LogP contribution in [0.4, 0.5) is 5.69 Å². The number of nitrogens with one attached hydrogen (secondary N) is 1. The summed E-state index contributed by atoms with van der Waals surface area (Å²) in [5.74, 6) is -0.960. The molecule has 1 aromatic carbocycles. The van der Waals surface area contributed by atoms with Crippen LogP contribution in [0.2, 0.25) is 0 Å². The van der Waals surface area contributed by atoms with Crippen molar-refractivity contribution in [3.63, 3.8) is 0 Å². The Morgan fingerprint density at radius 1 is 1.27 bits per heavy atom. The van der Waals surface area contributed by atoms with E-state index in [1.807, 2.05) is 12.1 Å². The number of nitrogens with two attached hydrogens (primary N) is 1. The van der Waals surface area contributed by atoms with E-state index in [1.165, 1.54) is 6.92 Å². The highest BCUT2D eigenvalue weighted by molar-refractivity contribution is 6.05. The molecule has 8 nitrogen and oxygen atoms in total. The summed E-state index contributed by atoms with van der Waals surface area (Å²) in [6.07, 6.45) is 0.799. The van der Waals surface area contributed by atoms with Crippen LogP contribution < -0.4 is 11.1 Å². The molecule has 22 heavy (non-hydrogen) atoms. The zero-order valence-corrected chi connectivity index (χ0v) is 12.1. The first-order chi connectivity index (χ1) is 9.95. The molecular formula is C14H18N4O4. The largest absolute Gasteiger partial charge is 0.412 e. The second-order valence-corrected chi connectivity index (χ2v) is 4.72. The van der Waals surface area contributed by atoms with Crippen molar-refractivity contribution >= 4 is 29.1 Å². The van der Waals surface area contributed by atoms with Gasteiger partial charge in [0, 0.05) is 25.5 Å². The van der Waals surface area contributed by atoms with E-state index in [-0.39, 0.29) is 23.8 Å². The Balaban J connectivity index is 0.00000242. The Morgan fingerprint density at radius 3 is 2.45 bits per heavy atom. The average Bonchev–Trinajstić information content (AvgIpc) is 2.41. The van der Waals surface area contributed by atoms with Crippen LogP contribution in [-0.2, 0) is 14.4 Å². The number of carbonyl (C=O) groups excluding carboxylic acids is 3. The molecule has 3 amide bonds. The van der Waals surface area contributed by atoms with Crippen LogP contribution in [0.25, 0.3) is 0 Å². The van der Waals surface area contributed by atoms with E-state index < -0.39 is 5.91 Å². The summed E-state index contributed by atoms with van der Waals surface area (Å²) < 4.78 is 0. The maximum absolute atomic E-state index is 11.6. The molecule has 0 saturated carbocycles. The molecule has 0 saturated heterocycles. The van der Waals surface area contributed by atoms with Crippen molar-refractivity contribution in [2.45, 2.75) is 19.8 Å². The SMILES string of the molecule is CC(=O)Nc1ccc(C2=NN(CC(N)=O)C(=O)CC2)cc1.O. The number of primary amides is 1. The van der Waals surface area contributed by atoms with Gasteiger partial charge in [-0.3, -0.25) is 14.4 Å². The van der Waals surface area contributed by atoms with Crippen LogP contribution in [-0.4, -0.2) is 40.5 Å². The summed E-state index contributed by atoms with van der Waals surface area (Å²) in [7, 11) is 0. The van der Waals surface area contributed by atoms with Gasteiger partial charge in [-0.15, -0.1) is 0 Å². The van der Waals surface area contributed by atoms with Crippen LogP contribution >= 0.6 is 0 Å². The minimum atomic E-state index is -0.602. The summed E-state index contributed by atoms with van der Waals surface area (Å²) in [5, 5.41) is 7.95. The molecule has 0 aromatic heterocycles. The van der Waals surface area contributed by atoms with E-state index in [1.54, 1.807) is 12.1 Å². The van der Waals surface area contributed by atoms with Gasteiger partial charge in [0.15, 0.2) is 0 Å². The summed E-state index contributed by atoms with van der Waals surface area (Å²) in [5.41, 5.74) is 7.33. The molecule has 0 fully saturated rings. The number of nitrogens with zero attached hydrogens (tertiary/aromatic N) is 2. The molecule has 0 radical (unpaired) electrons. The molecule has 2 rings (SSSR count). The highest BCUT2D eigenvalue weighted by Crippen LogP contribution is 2.17. The van der Waals surface area contributed by atoms with Gasteiger partial charge in [0.25, 0.3) is 0 Å². The van der Waals surface area contributed by atoms with Gasteiger partial charge in [0.05, 0.1) is 5.71 Å². The minimum absolute atomic E-state index is 0. The standard InChI is InChI=1S/C14H16N4O3.H2O/c1-9(19)16-11-4-2-10(3-5-11)12-6-7-14(21)18(17-12)8-13(15)20;/h2-5H,6-8H2,1H3,(H2,15,20)(H,16,19);1H2. The number of hydrazone groups is 1. The van der Waals surface area contributed by atoms with Gasteiger partial charge in [-0.05, 0) is 17.7 Å². The minimum Gasteiger partial charge on any atom is -0.412 e. The van der Waals surface area contributed by atoms with Crippen molar-refractivity contribution in [1.29, 1.82) is 0 Å². The monoisotopic (exact) mass is 306 g/mol. The third-order valence-electron chi connectivity index (χ3n) is 2.95. The summed E-state index contributed by atoms with van der Waals surface area (Å²) >= 11 is 0. The van der Waals surface area contributed by atoms with Crippen molar-refractivity contribution < 1.29 is 19.9 Å². The van der Waals surface area contributed by atoms with Crippen LogP contribution in [0.1, 0.15) is 25.3 Å². The van der Waals surface area contributed by atoms with Gasteiger partial charge >= 0.3 is 0 Å². The fourth-order valence-electron chi connectivity index (χ4n) is 2.03. The Hall–Kier alpha value is -2.74. The van der Waals surface area contributed by atoms with Gasteiger partial charge in [-0.1, -0.05) is 12.1 Å². The Labute approximate surface area is 127 Å². The van der Waals surface area contributed by atoms with E-state index in [0.717, 1.165) is 10.6 Å². The van der Waals surface area contributed by atoms with E-state index in [9.17, 15) is 14.4 Å². The number of hydrogen-bond acceptors (Lipinski definition) is 4. The van der Waals surface area contributed by atoms with Gasteiger partial charge in [0.1, 0.15) is 6.54 Å². The van der Waals surface area contributed by atoms with Crippen LogP contribution in [0.15, 0.2) is 29.4 Å². The van der Waals surface area contributed by atoms with Crippen LogP contribution in [0.3, 0.4) is 0 Å². The molecule has 0 aliphatic carbocycles. The highest BCUT2D eigenvalue weighted by Gasteiger charge is 2.22. The molecule has 5 N–H and O–H groups in total. The van der Waals surface area contributed by atoms with Crippen molar-refractivity contribution in [2.24, 2.45) is 10.8 Å². The number of benzene rings is 1. The summed E-state index contributed by atoms with van der Waals surface area (Å²) in [6.45, 7) is 1.22. The fourth-order valence-corrected chi connectivity index (χ4v) is 2.03. The first kappa shape index (κ1) is 17.3. The lowest BCUT2D eigenvalue weighted by Crippen LogP contribution is -2.38. The first-order valence-corrected chi connectivity index (χ1v) is 6.50. The number of anilines is 1. The lowest BCUT2D eigenvalue weighted by atomic mass is 10.0. The number of amides is 3. The number of carbonyl (C=O) groups is 3. The third-order valence-corrected chi connectivity index (χ3v) is 2.95. The lowest BCUT2D eigenvalue weighted by Gasteiger charge is -2.22. The normalized spacial score (nSPS) is 14.0. The molecule has 0 bridgehead atoms. The average molecular weight is 306 g/mol.